The Morgan fingerprint density at radius 2 is 2.28 bits per heavy atom. The number of aryl methyl sites for hydroxylation is 1. The maximum atomic E-state index is 11.7. The molecule has 0 aliphatic heterocycles. The van der Waals surface area contributed by atoms with Gasteiger partial charge in [-0.3, -0.25) is 0 Å². The van der Waals surface area contributed by atoms with Crippen LogP contribution in [0.5, 0.6) is 0 Å². The third kappa shape index (κ3) is 3.67. The fourth-order valence-electron chi connectivity index (χ4n) is 1.18. The fraction of sp³-hybridized carbons (Fsp3) is 0.400. The first-order valence-electron chi connectivity index (χ1n) is 5.10. The Kier molecular flexibility index (Phi) is 4.62. The molecule has 1 heterocycles. The molecule has 0 amide bonds. The van der Waals surface area contributed by atoms with E-state index in [1.54, 1.807) is 7.05 Å². The fourth-order valence-corrected chi connectivity index (χ4v) is 2.19. The van der Waals surface area contributed by atoms with E-state index in [-0.39, 0.29) is 23.6 Å². The van der Waals surface area contributed by atoms with Gasteiger partial charge in [-0.1, -0.05) is 6.58 Å². The average Bonchev–Trinajstić information content (AvgIpc) is 2.75. The summed E-state index contributed by atoms with van der Waals surface area (Å²) in [5.74, 6) is -0.549. The summed E-state index contributed by atoms with van der Waals surface area (Å²) in [7, 11) is -0.729. The van der Waals surface area contributed by atoms with E-state index in [9.17, 15) is 13.2 Å². The molecule has 1 N–H and O–H groups in total. The van der Waals surface area contributed by atoms with Crippen LogP contribution in [0.3, 0.4) is 0 Å². The molecule has 100 valence electrons. The average molecular weight is 273 g/mol. The molecular weight excluding hydrogens is 258 g/mol. The highest BCUT2D eigenvalue weighted by atomic mass is 32.2. The monoisotopic (exact) mass is 273 g/mol. The largest absolute Gasteiger partial charge is 0.466 e. The summed E-state index contributed by atoms with van der Waals surface area (Å²) >= 11 is 0. The Hall–Kier alpha value is -1.67. The molecule has 0 atom stereocenters. The van der Waals surface area contributed by atoms with Crippen molar-refractivity contribution < 1.29 is 17.9 Å². The van der Waals surface area contributed by atoms with E-state index in [0.717, 1.165) is 0 Å². The molecule has 0 unspecified atom stereocenters. The van der Waals surface area contributed by atoms with Crippen molar-refractivity contribution in [1.82, 2.24) is 14.3 Å². The second-order valence-corrected chi connectivity index (χ2v) is 5.33. The normalized spacial score (nSPS) is 11.2. The number of carbonyl (C=O) groups excluding carboxylic acids is 1. The third-order valence-electron chi connectivity index (χ3n) is 2.15. The minimum Gasteiger partial charge on any atom is -0.466 e. The molecule has 0 aromatic carbocycles. The Balaban J connectivity index is 2.54. The maximum Gasteiger partial charge on any atom is 0.333 e. The SMILES string of the molecule is C=C(CCNS(=O)(=O)c1cn(C)cn1)C(=O)OC. The molecule has 1 rings (SSSR count). The van der Waals surface area contributed by atoms with Crippen LogP contribution in [0.2, 0.25) is 0 Å². The molecule has 0 spiro atoms. The number of rotatable bonds is 6. The number of methoxy groups -OCH3 is 1. The first-order valence-corrected chi connectivity index (χ1v) is 6.59. The third-order valence-corrected chi connectivity index (χ3v) is 3.50. The van der Waals surface area contributed by atoms with Gasteiger partial charge in [-0.25, -0.2) is 22.9 Å². The quantitative estimate of drug-likeness (QED) is 0.573. The summed E-state index contributed by atoms with van der Waals surface area (Å²) < 4.78 is 31.8. The predicted octanol–water partition coefficient (Wildman–Crippen LogP) is -0.182. The smallest absolute Gasteiger partial charge is 0.333 e. The van der Waals surface area contributed by atoms with Crippen molar-refractivity contribution in [3.8, 4) is 0 Å². The zero-order valence-electron chi connectivity index (χ0n) is 10.2. The Bertz CT molecular complexity index is 547. The number of imidazole rings is 1. The number of esters is 1. The molecule has 1 aromatic rings. The highest BCUT2D eigenvalue weighted by Gasteiger charge is 2.17. The van der Waals surface area contributed by atoms with Gasteiger partial charge in [0.1, 0.15) is 0 Å². The number of hydrogen-bond acceptors (Lipinski definition) is 5. The van der Waals surface area contributed by atoms with Crippen LogP contribution in [0, 0.1) is 0 Å². The van der Waals surface area contributed by atoms with Gasteiger partial charge in [0.25, 0.3) is 10.0 Å². The van der Waals surface area contributed by atoms with Gasteiger partial charge in [-0.2, -0.15) is 0 Å². The summed E-state index contributed by atoms with van der Waals surface area (Å²) in [6.07, 6.45) is 2.96. The molecule has 0 radical (unpaired) electrons. The molecule has 0 aliphatic rings. The van der Waals surface area contributed by atoms with Crippen LogP contribution in [0.15, 0.2) is 29.7 Å². The molecule has 0 saturated carbocycles. The number of sulfonamides is 1. The van der Waals surface area contributed by atoms with Gasteiger partial charge in [-0.05, 0) is 6.42 Å². The summed E-state index contributed by atoms with van der Waals surface area (Å²) in [5, 5.41) is -0.0614. The number of nitrogens with zero attached hydrogens (tertiary/aromatic N) is 2. The second kappa shape index (κ2) is 5.78. The van der Waals surface area contributed by atoms with Crippen molar-refractivity contribution in [2.45, 2.75) is 11.4 Å². The minimum absolute atomic E-state index is 0.0614. The number of hydrogen-bond donors (Lipinski definition) is 1. The van der Waals surface area contributed by atoms with E-state index in [4.69, 9.17) is 0 Å². The maximum absolute atomic E-state index is 11.7. The lowest BCUT2D eigenvalue weighted by molar-refractivity contribution is -0.136. The Morgan fingerprint density at radius 3 is 2.78 bits per heavy atom. The lowest BCUT2D eigenvalue weighted by Gasteiger charge is -2.05. The van der Waals surface area contributed by atoms with Gasteiger partial charge in [0.15, 0.2) is 5.03 Å². The molecular formula is C10H15N3O4S. The number of aromatic nitrogens is 2. The number of carbonyl (C=O) groups is 1. The summed E-state index contributed by atoms with van der Waals surface area (Å²) in [4.78, 5) is 14.8. The number of ether oxygens (including phenoxy) is 1. The van der Waals surface area contributed by atoms with Gasteiger partial charge >= 0.3 is 5.97 Å². The lowest BCUT2D eigenvalue weighted by atomic mass is 10.2. The van der Waals surface area contributed by atoms with Crippen molar-refractivity contribution in [3.63, 3.8) is 0 Å². The van der Waals surface area contributed by atoms with Gasteiger partial charge in [0.05, 0.1) is 13.4 Å². The molecule has 0 bridgehead atoms. The number of nitrogens with one attached hydrogen (secondary N) is 1. The van der Waals surface area contributed by atoms with E-state index in [0.29, 0.717) is 0 Å². The van der Waals surface area contributed by atoms with E-state index >= 15 is 0 Å². The highest BCUT2D eigenvalue weighted by Crippen LogP contribution is 2.05. The van der Waals surface area contributed by atoms with Crippen molar-refractivity contribution >= 4 is 16.0 Å². The molecule has 0 saturated heterocycles. The lowest BCUT2D eigenvalue weighted by Crippen LogP contribution is -2.26. The molecule has 1 aromatic heterocycles. The molecule has 0 aliphatic carbocycles. The van der Waals surface area contributed by atoms with Gasteiger partial charge < -0.3 is 9.30 Å². The van der Waals surface area contributed by atoms with Crippen LogP contribution in [0.25, 0.3) is 0 Å². The van der Waals surface area contributed by atoms with Crippen LogP contribution < -0.4 is 4.72 Å². The standard InChI is InChI=1S/C10H15N3O4S/c1-8(10(14)17-3)4-5-12-18(15,16)9-6-13(2)7-11-9/h6-7,12H,1,4-5H2,2-3H3. The first-order chi connectivity index (χ1) is 8.36. The zero-order chi connectivity index (χ0) is 13.8. The van der Waals surface area contributed by atoms with Crippen molar-refractivity contribution in [1.29, 1.82) is 0 Å². The van der Waals surface area contributed by atoms with Crippen molar-refractivity contribution in [2.75, 3.05) is 13.7 Å². The van der Waals surface area contributed by atoms with Crippen molar-refractivity contribution in [2.24, 2.45) is 7.05 Å². The summed E-state index contributed by atoms with van der Waals surface area (Å²) in [6, 6.07) is 0. The van der Waals surface area contributed by atoms with Gasteiger partial charge in [0, 0.05) is 25.4 Å². The minimum atomic E-state index is -3.64. The second-order valence-electron chi connectivity index (χ2n) is 3.62. The molecule has 0 fully saturated rings. The van der Waals surface area contributed by atoms with Crippen LogP contribution in [-0.4, -0.2) is 37.6 Å². The zero-order valence-corrected chi connectivity index (χ0v) is 11.0. The van der Waals surface area contributed by atoms with E-state index in [1.807, 2.05) is 0 Å². The van der Waals surface area contributed by atoms with E-state index < -0.39 is 16.0 Å². The van der Waals surface area contributed by atoms with Gasteiger partial charge in [-0.15, -0.1) is 0 Å². The van der Waals surface area contributed by atoms with E-state index in [2.05, 4.69) is 21.0 Å². The van der Waals surface area contributed by atoms with Crippen LogP contribution in [0.1, 0.15) is 6.42 Å². The van der Waals surface area contributed by atoms with Gasteiger partial charge in [0.2, 0.25) is 0 Å². The van der Waals surface area contributed by atoms with Crippen LogP contribution in [0.4, 0.5) is 0 Å². The predicted molar refractivity (Wildman–Crippen MR) is 64.2 cm³/mol. The van der Waals surface area contributed by atoms with Crippen LogP contribution in [-0.2, 0) is 26.6 Å². The molecule has 7 nitrogen and oxygen atoms in total. The van der Waals surface area contributed by atoms with Crippen LogP contribution >= 0.6 is 0 Å². The summed E-state index contributed by atoms with van der Waals surface area (Å²) in [5.41, 5.74) is 0.209. The Labute approximate surface area is 106 Å². The molecule has 8 heteroatoms. The molecule has 18 heavy (non-hydrogen) atoms. The Morgan fingerprint density at radius 1 is 1.61 bits per heavy atom. The van der Waals surface area contributed by atoms with Crippen molar-refractivity contribution in [3.05, 3.63) is 24.7 Å². The first kappa shape index (κ1) is 14.4. The van der Waals surface area contributed by atoms with E-state index in [1.165, 1.54) is 24.2 Å². The summed E-state index contributed by atoms with van der Waals surface area (Å²) in [6.45, 7) is 3.56. The topological polar surface area (TPSA) is 90.3 Å². The highest BCUT2D eigenvalue weighted by molar-refractivity contribution is 7.89.